The zero-order chi connectivity index (χ0) is 9.68. The van der Waals surface area contributed by atoms with Gasteiger partial charge in [-0.15, -0.1) is 11.8 Å². The maximum Gasteiger partial charge on any atom is 0.230 e. The van der Waals surface area contributed by atoms with Crippen molar-refractivity contribution in [2.45, 2.75) is 11.8 Å². The van der Waals surface area contributed by atoms with Gasteiger partial charge in [0.25, 0.3) is 0 Å². The van der Waals surface area contributed by atoms with Gasteiger partial charge in [0, 0.05) is 24.7 Å². The molecule has 0 unspecified atom stereocenters. The SMILES string of the molecule is CCNC(=O)CSc1cnn(C)c1. The molecule has 0 saturated carbocycles. The molecule has 0 aliphatic carbocycles. The van der Waals surface area contributed by atoms with Crippen molar-refractivity contribution in [3.05, 3.63) is 12.4 Å². The Morgan fingerprint density at radius 3 is 3.08 bits per heavy atom. The molecule has 0 aromatic carbocycles. The van der Waals surface area contributed by atoms with E-state index in [4.69, 9.17) is 0 Å². The lowest BCUT2D eigenvalue weighted by atomic mass is 10.6. The van der Waals surface area contributed by atoms with Crippen LogP contribution in [0.2, 0.25) is 0 Å². The first-order valence-electron chi connectivity index (χ1n) is 4.10. The number of nitrogens with zero attached hydrogens (tertiary/aromatic N) is 2. The van der Waals surface area contributed by atoms with Gasteiger partial charge in [-0.25, -0.2) is 0 Å². The zero-order valence-corrected chi connectivity index (χ0v) is 8.60. The Bertz CT molecular complexity index is 285. The number of hydrogen-bond donors (Lipinski definition) is 1. The predicted octanol–water partition coefficient (Wildman–Crippen LogP) is 0.648. The van der Waals surface area contributed by atoms with Gasteiger partial charge in [0.05, 0.1) is 11.9 Å². The van der Waals surface area contributed by atoms with E-state index in [-0.39, 0.29) is 5.91 Å². The summed E-state index contributed by atoms with van der Waals surface area (Å²) in [5.74, 6) is 0.524. The van der Waals surface area contributed by atoms with Crippen LogP contribution in [-0.2, 0) is 11.8 Å². The van der Waals surface area contributed by atoms with E-state index in [1.54, 1.807) is 10.9 Å². The van der Waals surface area contributed by atoms with Crippen molar-refractivity contribution in [1.82, 2.24) is 15.1 Å². The Morgan fingerprint density at radius 1 is 1.77 bits per heavy atom. The van der Waals surface area contributed by atoms with Crippen LogP contribution in [0.1, 0.15) is 6.92 Å². The van der Waals surface area contributed by atoms with E-state index in [1.807, 2.05) is 20.2 Å². The van der Waals surface area contributed by atoms with Crippen LogP contribution in [0.3, 0.4) is 0 Å². The van der Waals surface area contributed by atoms with Gasteiger partial charge in [-0.2, -0.15) is 5.10 Å². The summed E-state index contributed by atoms with van der Waals surface area (Å²) in [4.78, 5) is 12.1. The van der Waals surface area contributed by atoms with E-state index in [0.29, 0.717) is 12.3 Å². The Kier molecular flexibility index (Phi) is 3.82. The maximum atomic E-state index is 11.1. The molecule has 0 spiro atoms. The second kappa shape index (κ2) is 4.91. The van der Waals surface area contributed by atoms with E-state index in [9.17, 15) is 4.79 Å². The van der Waals surface area contributed by atoms with Crippen molar-refractivity contribution in [1.29, 1.82) is 0 Å². The minimum atomic E-state index is 0.0661. The molecule has 0 saturated heterocycles. The summed E-state index contributed by atoms with van der Waals surface area (Å²) in [7, 11) is 1.86. The average Bonchev–Trinajstić information content (AvgIpc) is 2.49. The highest BCUT2D eigenvalue weighted by Gasteiger charge is 2.01. The third-order valence-electron chi connectivity index (χ3n) is 1.43. The molecule has 0 aliphatic heterocycles. The maximum absolute atomic E-state index is 11.1. The standard InChI is InChI=1S/C8H13N3OS/c1-3-9-8(12)6-13-7-4-10-11(2)5-7/h4-5H,3,6H2,1-2H3,(H,9,12). The fraction of sp³-hybridized carbons (Fsp3) is 0.500. The normalized spacial score (nSPS) is 10.0. The summed E-state index contributed by atoms with van der Waals surface area (Å²) in [6, 6.07) is 0. The largest absolute Gasteiger partial charge is 0.356 e. The topological polar surface area (TPSA) is 46.9 Å². The fourth-order valence-corrected chi connectivity index (χ4v) is 1.62. The molecule has 0 radical (unpaired) electrons. The first-order valence-corrected chi connectivity index (χ1v) is 5.09. The fourth-order valence-electron chi connectivity index (χ4n) is 0.870. The molecule has 1 amide bonds. The molecule has 13 heavy (non-hydrogen) atoms. The molecule has 5 heteroatoms. The number of aromatic nitrogens is 2. The van der Waals surface area contributed by atoms with Gasteiger partial charge >= 0.3 is 0 Å². The van der Waals surface area contributed by atoms with E-state index >= 15 is 0 Å². The quantitative estimate of drug-likeness (QED) is 0.724. The Morgan fingerprint density at radius 2 is 2.54 bits per heavy atom. The first-order chi connectivity index (χ1) is 6.22. The lowest BCUT2D eigenvalue weighted by Gasteiger charge is -1.99. The minimum Gasteiger partial charge on any atom is -0.356 e. The van der Waals surface area contributed by atoms with E-state index < -0.39 is 0 Å². The van der Waals surface area contributed by atoms with Crippen LogP contribution in [0.5, 0.6) is 0 Å². The summed E-state index contributed by atoms with van der Waals surface area (Å²) in [6.07, 6.45) is 3.65. The highest BCUT2D eigenvalue weighted by Crippen LogP contribution is 2.15. The molecule has 1 N–H and O–H groups in total. The van der Waals surface area contributed by atoms with Gasteiger partial charge in [-0.3, -0.25) is 9.48 Å². The summed E-state index contributed by atoms with van der Waals surface area (Å²) < 4.78 is 1.72. The molecule has 0 fully saturated rings. The summed E-state index contributed by atoms with van der Waals surface area (Å²) in [5.41, 5.74) is 0. The molecule has 1 aromatic heterocycles. The van der Waals surface area contributed by atoms with Crippen LogP contribution in [-0.4, -0.2) is 28.0 Å². The second-order valence-electron chi connectivity index (χ2n) is 2.59. The van der Waals surface area contributed by atoms with Gasteiger partial charge in [0.1, 0.15) is 0 Å². The summed E-state index contributed by atoms with van der Waals surface area (Å²) in [6.45, 7) is 2.60. The highest BCUT2D eigenvalue weighted by atomic mass is 32.2. The third-order valence-corrected chi connectivity index (χ3v) is 2.38. The first kappa shape index (κ1) is 10.1. The van der Waals surface area contributed by atoms with Crippen molar-refractivity contribution < 1.29 is 4.79 Å². The second-order valence-corrected chi connectivity index (χ2v) is 3.64. The van der Waals surface area contributed by atoms with Crippen LogP contribution in [0.25, 0.3) is 0 Å². The highest BCUT2D eigenvalue weighted by molar-refractivity contribution is 8.00. The molecule has 1 aromatic rings. The average molecular weight is 199 g/mol. The van der Waals surface area contributed by atoms with Crippen molar-refractivity contribution in [3.8, 4) is 0 Å². The van der Waals surface area contributed by atoms with Crippen LogP contribution in [0.15, 0.2) is 17.3 Å². The minimum absolute atomic E-state index is 0.0661. The molecular weight excluding hydrogens is 186 g/mol. The number of nitrogens with one attached hydrogen (secondary N) is 1. The molecule has 4 nitrogen and oxygen atoms in total. The van der Waals surface area contributed by atoms with Crippen molar-refractivity contribution in [3.63, 3.8) is 0 Å². The van der Waals surface area contributed by atoms with Gasteiger partial charge in [-0.05, 0) is 6.92 Å². The number of hydrogen-bond acceptors (Lipinski definition) is 3. The van der Waals surface area contributed by atoms with Crippen LogP contribution in [0, 0.1) is 0 Å². The molecule has 1 heterocycles. The number of amides is 1. The monoisotopic (exact) mass is 199 g/mol. The number of carbonyl (C=O) groups is 1. The molecule has 0 aliphatic rings. The molecule has 1 rings (SSSR count). The lowest BCUT2D eigenvalue weighted by molar-refractivity contribution is -0.118. The molecule has 0 bridgehead atoms. The third kappa shape index (κ3) is 3.50. The van der Waals surface area contributed by atoms with Crippen LogP contribution < -0.4 is 5.32 Å². The number of thioether (sulfide) groups is 1. The Labute approximate surface area is 81.7 Å². The number of carbonyl (C=O) groups excluding carboxylic acids is 1. The van der Waals surface area contributed by atoms with Gasteiger partial charge < -0.3 is 5.32 Å². The molecular formula is C8H13N3OS. The van der Waals surface area contributed by atoms with Gasteiger partial charge in [0.15, 0.2) is 0 Å². The van der Waals surface area contributed by atoms with Crippen LogP contribution >= 0.6 is 11.8 Å². The van der Waals surface area contributed by atoms with Crippen molar-refractivity contribution in [2.24, 2.45) is 7.05 Å². The lowest BCUT2D eigenvalue weighted by Crippen LogP contribution is -2.24. The van der Waals surface area contributed by atoms with Gasteiger partial charge in [-0.1, -0.05) is 0 Å². The number of aryl methyl sites for hydroxylation is 1. The smallest absolute Gasteiger partial charge is 0.230 e. The molecule has 72 valence electrons. The molecule has 0 atom stereocenters. The Hall–Kier alpha value is -0.970. The summed E-state index contributed by atoms with van der Waals surface area (Å²) in [5, 5.41) is 6.74. The Balaban J connectivity index is 2.30. The van der Waals surface area contributed by atoms with E-state index in [2.05, 4.69) is 10.4 Å². The predicted molar refractivity (Wildman–Crippen MR) is 52.6 cm³/mol. The zero-order valence-electron chi connectivity index (χ0n) is 7.78. The van der Waals surface area contributed by atoms with E-state index in [1.165, 1.54) is 11.8 Å². The number of rotatable bonds is 4. The van der Waals surface area contributed by atoms with Gasteiger partial charge in [0.2, 0.25) is 5.91 Å². The van der Waals surface area contributed by atoms with Crippen molar-refractivity contribution in [2.75, 3.05) is 12.3 Å². The summed E-state index contributed by atoms with van der Waals surface area (Å²) >= 11 is 1.49. The van der Waals surface area contributed by atoms with E-state index in [0.717, 1.165) is 4.90 Å². The van der Waals surface area contributed by atoms with Crippen LogP contribution in [0.4, 0.5) is 0 Å². The van der Waals surface area contributed by atoms with Crippen molar-refractivity contribution >= 4 is 17.7 Å².